The lowest BCUT2D eigenvalue weighted by Crippen LogP contribution is -2.34. The molecule has 0 aliphatic carbocycles. The Morgan fingerprint density at radius 3 is 2.50 bits per heavy atom. The number of ketones is 1. The van der Waals surface area contributed by atoms with Crippen LogP contribution < -0.4 is 16.8 Å². The van der Waals surface area contributed by atoms with Gasteiger partial charge < -0.3 is 16.8 Å². The van der Waals surface area contributed by atoms with E-state index >= 15 is 4.39 Å². The van der Waals surface area contributed by atoms with E-state index in [1.807, 2.05) is 0 Å². The van der Waals surface area contributed by atoms with Crippen LogP contribution in [0.5, 0.6) is 0 Å². The van der Waals surface area contributed by atoms with E-state index in [1.165, 1.54) is 30.3 Å². The highest BCUT2D eigenvalue weighted by Gasteiger charge is 2.25. The van der Waals surface area contributed by atoms with Crippen molar-refractivity contribution in [2.45, 2.75) is 38.7 Å². The fourth-order valence-electron chi connectivity index (χ4n) is 2.83. The van der Waals surface area contributed by atoms with Gasteiger partial charge in [0.25, 0.3) is 0 Å². The lowest BCUT2D eigenvalue weighted by atomic mass is 9.95. The highest BCUT2D eigenvalue weighted by Crippen LogP contribution is 2.31. The lowest BCUT2D eigenvalue weighted by molar-refractivity contribution is -0.118. The van der Waals surface area contributed by atoms with E-state index in [-0.39, 0.29) is 45.3 Å². The molecule has 0 heterocycles. The van der Waals surface area contributed by atoms with Gasteiger partial charge in [-0.15, -0.1) is 0 Å². The molecule has 2 aromatic rings. The summed E-state index contributed by atoms with van der Waals surface area (Å²) in [6.07, 6.45) is 0.140. The van der Waals surface area contributed by atoms with Crippen LogP contribution in [0.1, 0.15) is 55.6 Å². The number of hydrogen-bond acceptors (Lipinski definition) is 4. The van der Waals surface area contributed by atoms with Gasteiger partial charge in [0.1, 0.15) is 5.82 Å². The Morgan fingerprint density at radius 2 is 1.93 bits per heavy atom. The van der Waals surface area contributed by atoms with Gasteiger partial charge in [0, 0.05) is 29.6 Å². The van der Waals surface area contributed by atoms with Crippen molar-refractivity contribution in [3.63, 3.8) is 0 Å². The monoisotopic (exact) mass is 426 g/mol. The number of hydrogen-bond donors (Lipinski definition) is 3. The number of carbonyl (C=O) groups is 2. The largest absolute Gasteiger partial charge is 0.398 e. The number of carbonyl (C=O) groups excluding carboxylic acids is 2. The second-order valence-corrected chi connectivity index (χ2v) is 7.21. The molecule has 2 aromatic carbocycles. The van der Waals surface area contributed by atoms with Gasteiger partial charge in [0.15, 0.2) is 5.78 Å². The molecule has 8 heteroatoms. The van der Waals surface area contributed by atoms with E-state index in [0.717, 1.165) is 0 Å². The highest BCUT2D eigenvalue weighted by molar-refractivity contribution is 6.36. The molecular weight excluding hydrogens is 404 g/mol. The van der Waals surface area contributed by atoms with E-state index in [1.54, 1.807) is 13.8 Å². The van der Waals surface area contributed by atoms with Crippen LogP contribution in [0.15, 0.2) is 30.3 Å². The molecule has 0 aromatic heterocycles. The summed E-state index contributed by atoms with van der Waals surface area (Å²) in [4.78, 5) is 24.1. The van der Waals surface area contributed by atoms with Gasteiger partial charge in [-0.05, 0) is 37.6 Å². The van der Waals surface area contributed by atoms with Crippen molar-refractivity contribution in [1.82, 2.24) is 5.32 Å². The first kappa shape index (κ1) is 20.6. The number of benzene rings is 2. The first-order chi connectivity index (χ1) is 13.5. The SMILES string of the molecule is [2H][C@](CC)(N[C@@H](C)CC(N)=O)c1ccc(Cl)c(C(=O)c2ccc(N)c(Cl)c2)c1F. The summed E-state index contributed by atoms with van der Waals surface area (Å²) >= 11 is 12.1. The third-order valence-electron chi connectivity index (χ3n) is 4.19. The van der Waals surface area contributed by atoms with Gasteiger partial charge in [0.2, 0.25) is 5.91 Å². The number of primary amides is 1. The van der Waals surface area contributed by atoms with Crippen molar-refractivity contribution in [3.8, 4) is 0 Å². The molecular formula is C20H22Cl2FN3O2. The Morgan fingerprint density at radius 1 is 1.25 bits per heavy atom. The number of amides is 1. The van der Waals surface area contributed by atoms with Gasteiger partial charge in [-0.2, -0.15) is 0 Å². The zero-order chi connectivity index (χ0) is 21.9. The Bertz CT molecular complexity index is 958. The number of halogens is 3. The van der Waals surface area contributed by atoms with Crippen molar-refractivity contribution >= 4 is 40.6 Å². The van der Waals surface area contributed by atoms with Crippen molar-refractivity contribution < 1.29 is 15.4 Å². The summed E-state index contributed by atoms with van der Waals surface area (Å²) in [5.74, 6) is -2.14. The molecule has 0 fully saturated rings. The third kappa shape index (κ3) is 5.01. The van der Waals surface area contributed by atoms with Crippen molar-refractivity contribution in [1.29, 1.82) is 0 Å². The van der Waals surface area contributed by atoms with Crippen LogP contribution in [-0.4, -0.2) is 17.7 Å². The Balaban J connectivity index is 2.52. The molecule has 5 nitrogen and oxygen atoms in total. The van der Waals surface area contributed by atoms with Crippen LogP contribution in [-0.2, 0) is 4.79 Å². The second-order valence-electron chi connectivity index (χ2n) is 6.40. The molecule has 0 aliphatic rings. The average Bonchev–Trinajstić information content (AvgIpc) is 2.62. The van der Waals surface area contributed by atoms with Gasteiger partial charge in [-0.1, -0.05) is 36.2 Å². The molecule has 0 radical (unpaired) electrons. The summed E-state index contributed by atoms with van der Waals surface area (Å²) in [6.45, 7) is 3.35. The maximum atomic E-state index is 15.4. The van der Waals surface area contributed by atoms with Crippen LogP contribution in [0.2, 0.25) is 10.0 Å². The number of anilines is 1. The van der Waals surface area contributed by atoms with E-state index < -0.39 is 29.6 Å². The number of nitrogens with two attached hydrogens (primary N) is 2. The van der Waals surface area contributed by atoms with Crippen LogP contribution >= 0.6 is 23.2 Å². The summed E-state index contributed by atoms with van der Waals surface area (Å²) in [5.41, 5.74) is 10.8. The van der Waals surface area contributed by atoms with Crippen LogP contribution in [0, 0.1) is 5.82 Å². The molecule has 0 saturated heterocycles. The molecule has 1 amide bonds. The molecule has 2 rings (SSSR count). The fraction of sp³-hybridized carbons (Fsp3) is 0.300. The van der Waals surface area contributed by atoms with E-state index in [9.17, 15) is 9.59 Å². The summed E-state index contributed by atoms with van der Waals surface area (Å²) in [7, 11) is 0. The summed E-state index contributed by atoms with van der Waals surface area (Å²) in [5, 5.41) is 2.98. The van der Waals surface area contributed by atoms with E-state index in [2.05, 4.69) is 5.32 Å². The summed E-state index contributed by atoms with van der Waals surface area (Å²) in [6, 6.07) is 4.85. The van der Waals surface area contributed by atoms with Gasteiger partial charge in [0.05, 0.1) is 22.7 Å². The molecule has 0 saturated carbocycles. The van der Waals surface area contributed by atoms with Gasteiger partial charge in [-0.3, -0.25) is 9.59 Å². The Hall–Kier alpha value is -2.15. The lowest BCUT2D eigenvalue weighted by Gasteiger charge is -2.23. The standard InChI is InChI=1S/C20H22Cl2FN3O2/c1-3-16(26-10(2)8-17(25)27)12-5-6-13(21)18(19(12)23)20(28)11-4-7-15(24)14(22)9-11/h4-7,9-10,16,26H,3,8,24H2,1-2H3,(H2,25,27)/t10-,16+/m0/s1/i16D. The minimum Gasteiger partial charge on any atom is -0.398 e. The quantitative estimate of drug-likeness (QED) is 0.433. The third-order valence-corrected chi connectivity index (χ3v) is 4.83. The smallest absolute Gasteiger partial charge is 0.218 e. The highest BCUT2D eigenvalue weighted by atomic mass is 35.5. The van der Waals surface area contributed by atoms with Crippen molar-refractivity contribution in [2.75, 3.05) is 5.73 Å². The normalized spacial score (nSPS) is 14.8. The van der Waals surface area contributed by atoms with Crippen LogP contribution in [0.3, 0.4) is 0 Å². The van der Waals surface area contributed by atoms with Crippen LogP contribution in [0.4, 0.5) is 10.1 Å². The van der Waals surface area contributed by atoms with Crippen LogP contribution in [0.25, 0.3) is 0 Å². The molecule has 0 spiro atoms. The van der Waals surface area contributed by atoms with E-state index in [0.29, 0.717) is 0 Å². The van der Waals surface area contributed by atoms with Gasteiger partial charge >= 0.3 is 0 Å². The minimum absolute atomic E-state index is 0.0223. The maximum Gasteiger partial charge on any atom is 0.218 e. The average molecular weight is 427 g/mol. The minimum atomic E-state index is -1.60. The number of nitrogen functional groups attached to an aromatic ring is 1. The zero-order valence-electron chi connectivity index (χ0n) is 16.5. The topological polar surface area (TPSA) is 98.2 Å². The summed E-state index contributed by atoms with van der Waals surface area (Å²) < 4.78 is 24.1. The molecule has 28 heavy (non-hydrogen) atoms. The first-order valence-electron chi connectivity index (χ1n) is 9.14. The van der Waals surface area contributed by atoms with Crippen molar-refractivity contribution in [2.24, 2.45) is 5.73 Å². The first-order valence-corrected chi connectivity index (χ1v) is 9.40. The van der Waals surface area contributed by atoms with Gasteiger partial charge in [-0.25, -0.2) is 4.39 Å². The Kier molecular flexibility index (Phi) is 6.88. The maximum absolute atomic E-state index is 15.4. The predicted molar refractivity (Wildman–Crippen MR) is 110 cm³/mol. The number of nitrogens with one attached hydrogen (secondary N) is 1. The molecule has 0 aliphatic heterocycles. The van der Waals surface area contributed by atoms with Crippen molar-refractivity contribution in [3.05, 3.63) is 62.9 Å². The second kappa shape index (κ2) is 9.37. The molecule has 5 N–H and O–H groups in total. The molecule has 0 bridgehead atoms. The zero-order valence-corrected chi connectivity index (χ0v) is 17.0. The Labute approximate surface area is 174 Å². The van der Waals surface area contributed by atoms with E-state index in [4.69, 9.17) is 36.0 Å². The molecule has 2 atom stereocenters. The predicted octanol–water partition coefficient (Wildman–Crippen LogP) is 4.25. The fourth-order valence-corrected chi connectivity index (χ4v) is 3.24. The molecule has 150 valence electrons. The molecule has 0 unspecified atom stereocenters. The number of rotatable bonds is 8.